The van der Waals surface area contributed by atoms with Gasteiger partial charge in [-0.25, -0.2) is 4.39 Å². The third-order valence-electron chi connectivity index (χ3n) is 4.42. The molecule has 2 atom stereocenters. The van der Waals surface area contributed by atoms with Gasteiger partial charge in [-0.2, -0.15) is 0 Å². The first-order valence-electron chi connectivity index (χ1n) is 8.54. The Kier molecular flexibility index (Phi) is 5.92. The molecular formula is C19H20ClFN4OS. The fourth-order valence-corrected chi connectivity index (χ4v) is 4.01. The number of carbonyl (C=O) groups excluding carboxylic acids is 1. The van der Waals surface area contributed by atoms with Crippen molar-refractivity contribution in [3.05, 3.63) is 51.7 Å². The van der Waals surface area contributed by atoms with Crippen molar-refractivity contribution in [2.24, 2.45) is 13.0 Å². The number of carbonyl (C=O) groups is 1. The van der Waals surface area contributed by atoms with Crippen LogP contribution in [0.5, 0.6) is 0 Å². The summed E-state index contributed by atoms with van der Waals surface area (Å²) in [6.07, 6.45) is 2.36. The maximum atomic E-state index is 13.2. The molecule has 0 saturated heterocycles. The molecule has 0 fully saturated rings. The van der Waals surface area contributed by atoms with Crippen molar-refractivity contribution < 1.29 is 9.18 Å². The predicted octanol–water partition coefficient (Wildman–Crippen LogP) is 5.10. The van der Waals surface area contributed by atoms with Gasteiger partial charge in [0.2, 0.25) is 5.91 Å². The molecule has 1 N–H and O–H groups in total. The zero-order valence-corrected chi connectivity index (χ0v) is 16.8. The Morgan fingerprint density at radius 2 is 2.15 bits per heavy atom. The number of hydrogen-bond acceptors (Lipinski definition) is 4. The van der Waals surface area contributed by atoms with E-state index in [0.717, 1.165) is 11.4 Å². The lowest BCUT2D eigenvalue weighted by atomic mass is 9.95. The maximum absolute atomic E-state index is 13.2. The van der Waals surface area contributed by atoms with E-state index >= 15 is 0 Å². The largest absolute Gasteiger partial charge is 0.326 e. The van der Waals surface area contributed by atoms with E-state index in [1.807, 2.05) is 18.5 Å². The van der Waals surface area contributed by atoms with Gasteiger partial charge in [0.15, 0.2) is 5.82 Å². The molecule has 3 aromatic rings. The molecule has 0 saturated carbocycles. The van der Waals surface area contributed by atoms with E-state index in [9.17, 15) is 9.18 Å². The van der Waals surface area contributed by atoms with Crippen molar-refractivity contribution in [2.75, 3.05) is 5.32 Å². The average molecular weight is 407 g/mol. The van der Waals surface area contributed by atoms with Gasteiger partial charge in [-0.15, -0.1) is 21.5 Å². The lowest BCUT2D eigenvalue weighted by Crippen LogP contribution is -2.21. The van der Waals surface area contributed by atoms with Gasteiger partial charge in [0.1, 0.15) is 12.1 Å². The van der Waals surface area contributed by atoms with Gasteiger partial charge in [0.25, 0.3) is 0 Å². The molecule has 2 aromatic heterocycles. The SMILES string of the molecule is CC(CC(C)c1cc(-c2nncn2C)cs1)C(=O)Nc1ccc(F)c(Cl)c1. The fourth-order valence-electron chi connectivity index (χ4n) is 2.87. The van der Waals surface area contributed by atoms with Crippen molar-refractivity contribution in [1.29, 1.82) is 0 Å². The number of nitrogens with zero attached hydrogens (tertiary/aromatic N) is 3. The highest BCUT2D eigenvalue weighted by Gasteiger charge is 2.20. The number of benzene rings is 1. The van der Waals surface area contributed by atoms with Gasteiger partial charge in [0.05, 0.1) is 5.02 Å². The van der Waals surface area contributed by atoms with E-state index in [0.29, 0.717) is 12.1 Å². The number of nitrogens with one attached hydrogen (secondary N) is 1. The second kappa shape index (κ2) is 8.19. The van der Waals surface area contributed by atoms with Crippen LogP contribution < -0.4 is 5.32 Å². The van der Waals surface area contributed by atoms with Gasteiger partial charge < -0.3 is 9.88 Å². The molecule has 142 valence electrons. The third kappa shape index (κ3) is 4.54. The zero-order valence-electron chi connectivity index (χ0n) is 15.2. The van der Waals surface area contributed by atoms with E-state index in [2.05, 4.69) is 33.9 Å². The van der Waals surface area contributed by atoms with Crippen LogP contribution in [0.25, 0.3) is 11.4 Å². The minimum absolute atomic E-state index is 0.0105. The smallest absolute Gasteiger partial charge is 0.227 e. The summed E-state index contributed by atoms with van der Waals surface area (Å²) in [5.74, 6) is 0.213. The average Bonchev–Trinajstić information content (AvgIpc) is 3.26. The van der Waals surface area contributed by atoms with Crippen molar-refractivity contribution in [3.63, 3.8) is 0 Å². The van der Waals surface area contributed by atoms with Gasteiger partial charge in [-0.1, -0.05) is 25.4 Å². The second-order valence-corrected chi connectivity index (χ2v) is 8.01. The summed E-state index contributed by atoms with van der Waals surface area (Å²) in [6.45, 7) is 3.99. The van der Waals surface area contributed by atoms with Crippen molar-refractivity contribution in [2.45, 2.75) is 26.2 Å². The number of hydrogen-bond donors (Lipinski definition) is 1. The minimum Gasteiger partial charge on any atom is -0.326 e. The first-order valence-corrected chi connectivity index (χ1v) is 9.79. The van der Waals surface area contributed by atoms with Gasteiger partial charge >= 0.3 is 0 Å². The van der Waals surface area contributed by atoms with Crippen LogP contribution in [0.2, 0.25) is 5.02 Å². The van der Waals surface area contributed by atoms with Crippen LogP contribution >= 0.6 is 22.9 Å². The standard InChI is InChI=1S/C19H20ClFN4OS/c1-11(17-7-13(9-27-17)18-24-22-10-25(18)3)6-12(2)19(26)23-14-4-5-16(21)15(20)8-14/h4-5,7-12H,6H2,1-3H3,(H,23,26). The number of anilines is 1. The molecule has 1 aromatic carbocycles. The minimum atomic E-state index is -0.507. The highest BCUT2D eigenvalue weighted by atomic mass is 35.5. The molecular weight excluding hydrogens is 387 g/mol. The van der Waals surface area contributed by atoms with E-state index in [1.165, 1.54) is 23.1 Å². The molecule has 0 radical (unpaired) electrons. The summed E-state index contributed by atoms with van der Waals surface area (Å²) in [5.41, 5.74) is 1.52. The molecule has 8 heteroatoms. The number of aryl methyl sites for hydroxylation is 1. The Hall–Kier alpha value is -2.25. The summed E-state index contributed by atoms with van der Waals surface area (Å²) in [5, 5.41) is 12.9. The number of aromatic nitrogens is 3. The molecule has 1 amide bonds. The Balaban J connectivity index is 1.62. The summed E-state index contributed by atoms with van der Waals surface area (Å²) in [7, 11) is 1.91. The monoisotopic (exact) mass is 406 g/mol. The van der Waals surface area contributed by atoms with Gasteiger partial charge in [-0.3, -0.25) is 4.79 Å². The molecule has 0 aliphatic rings. The topological polar surface area (TPSA) is 59.8 Å². The van der Waals surface area contributed by atoms with Gasteiger partial charge in [0, 0.05) is 34.5 Å². The molecule has 0 aliphatic carbocycles. The quantitative estimate of drug-likeness (QED) is 0.619. The normalized spacial score (nSPS) is 13.4. The first-order chi connectivity index (χ1) is 12.8. The number of rotatable bonds is 6. The Morgan fingerprint density at radius 1 is 1.37 bits per heavy atom. The molecule has 5 nitrogen and oxygen atoms in total. The van der Waals surface area contributed by atoms with Crippen LogP contribution in [0.3, 0.4) is 0 Å². The highest BCUT2D eigenvalue weighted by Crippen LogP contribution is 2.32. The summed E-state index contributed by atoms with van der Waals surface area (Å²) >= 11 is 7.41. The van der Waals surface area contributed by atoms with Crippen LogP contribution in [-0.2, 0) is 11.8 Å². The highest BCUT2D eigenvalue weighted by molar-refractivity contribution is 7.10. The van der Waals surface area contributed by atoms with Crippen molar-refractivity contribution in [3.8, 4) is 11.4 Å². The van der Waals surface area contributed by atoms with Crippen LogP contribution in [0, 0.1) is 11.7 Å². The maximum Gasteiger partial charge on any atom is 0.227 e. The molecule has 0 aliphatic heterocycles. The van der Waals surface area contributed by atoms with E-state index in [4.69, 9.17) is 11.6 Å². The Morgan fingerprint density at radius 3 is 2.81 bits per heavy atom. The third-order valence-corrected chi connectivity index (χ3v) is 5.87. The number of thiophene rings is 1. The van der Waals surface area contributed by atoms with Crippen LogP contribution in [-0.4, -0.2) is 20.7 Å². The van der Waals surface area contributed by atoms with Crippen LogP contribution in [0.15, 0.2) is 36.0 Å². The van der Waals surface area contributed by atoms with Gasteiger partial charge in [-0.05, 0) is 36.6 Å². The molecule has 0 bridgehead atoms. The zero-order chi connectivity index (χ0) is 19.6. The molecule has 2 heterocycles. The number of halogens is 2. The summed E-state index contributed by atoms with van der Waals surface area (Å²) < 4.78 is 15.1. The first kappa shape index (κ1) is 19.5. The molecule has 27 heavy (non-hydrogen) atoms. The molecule has 2 unspecified atom stereocenters. The Bertz CT molecular complexity index is 955. The fraction of sp³-hybridized carbons (Fsp3) is 0.316. The van der Waals surface area contributed by atoms with E-state index in [-0.39, 0.29) is 22.8 Å². The molecule has 3 rings (SSSR count). The van der Waals surface area contributed by atoms with Crippen molar-refractivity contribution in [1.82, 2.24) is 14.8 Å². The predicted molar refractivity (Wildman–Crippen MR) is 107 cm³/mol. The number of amides is 1. The Labute approximate surface area is 166 Å². The summed E-state index contributed by atoms with van der Waals surface area (Å²) in [4.78, 5) is 13.6. The summed E-state index contributed by atoms with van der Waals surface area (Å²) in [6, 6.07) is 6.26. The van der Waals surface area contributed by atoms with Crippen LogP contribution in [0.4, 0.5) is 10.1 Å². The van der Waals surface area contributed by atoms with E-state index < -0.39 is 5.82 Å². The van der Waals surface area contributed by atoms with Crippen LogP contribution in [0.1, 0.15) is 31.1 Å². The van der Waals surface area contributed by atoms with Crippen molar-refractivity contribution >= 4 is 34.5 Å². The lowest BCUT2D eigenvalue weighted by molar-refractivity contribution is -0.119. The van der Waals surface area contributed by atoms with E-state index in [1.54, 1.807) is 17.7 Å². The molecule has 0 spiro atoms. The second-order valence-electron chi connectivity index (χ2n) is 6.66. The lowest BCUT2D eigenvalue weighted by Gasteiger charge is -2.16.